The van der Waals surface area contributed by atoms with Crippen LogP contribution < -0.4 is 0 Å². The van der Waals surface area contributed by atoms with E-state index >= 15 is 0 Å². The molecule has 2 aromatic carbocycles. The Bertz CT molecular complexity index is 1110. The molecule has 0 N–H and O–H groups in total. The van der Waals surface area contributed by atoms with Gasteiger partial charge in [0.15, 0.2) is 5.82 Å². The molecule has 0 aliphatic carbocycles. The molecule has 4 rings (SSSR count). The van der Waals surface area contributed by atoms with Gasteiger partial charge in [0, 0.05) is 23.3 Å². The molecule has 0 fully saturated rings. The van der Waals surface area contributed by atoms with Crippen molar-refractivity contribution in [3.8, 4) is 22.8 Å². The highest BCUT2D eigenvalue weighted by molar-refractivity contribution is 5.58. The summed E-state index contributed by atoms with van der Waals surface area (Å²) in [5.41, 5.74) is 1.12. The standard InChI is InChI=1S/C17H11FN6O3/c18-13-6-4-11(5-7-13)17-20-15(27-22-17)9-23-10-19-16(21-23)12-2-1-3-14(8-12)24(25)26/h1-8,10H,9H2. The smallest absolute Gasteiger partial charge is 0.270 e. The molecule has 0 bridgehead atoms. The Kier molecular flexibility index (Phi) is 4.13. The zero-order valence-electron chi connectivity index (χ0n) is 13.7. The summed E-state index contributed by atoms with van der Waals surface area (Å²) in [5, 5.41) is 19.0. The van der Waals surface area contributed by atoms with Crippen molar-refractivity contribution in [3.63, 3.8) is 0 Å². The van der Waals surface area contributed by atoms with Crippen LogP contribution in [-0.4, -0.2) is 29.8 Å². The SMILES string of the molecule is O=[N+]([O-])c1cccc(-c2ncn(Cc3nc(-c4ccc(F)cc4)no3)n2)c1. The fourth-order valence-electron chi connectivity index (χ4n) is 2.44. The molecule has 0 spiro atoms. The number of halogens is 1. The first-order chi connectivity index (χ1) is 13.1. The highest BCUT2D eigenvalue weighted by atomic mass is 19.1. The van der Waals surface area contributed by atoms with Crippen LogP contribution in [0.1, 0.15) is 5.89 Å². The predicted octanol–water partition coefficient (Wildman–Crippen LogP) is 3.09. The third kappa shape index (κ3) is 3.54. The van der Waals surface area contributed by atoms with Crippen LogP contribution >= 0.6 is 0 Å². The van der Waals surface area contributed by atoms with Gasteiger partial charge in [-0.2, -0.15) is 10.1 Å². The van der Waals surface area contributed by atoms with Gasteiger partial charge in [-0.25, -0.2) is 14.1 Å². The average Bonchev–Trinajstić information content (AvgIpc) is 3.33. The van der Waals surface area contributed by atoms with Crippen molar-refractivity contribution in [2.75, 3.05) is 0 Å². The molecule has 10 heteroatoms. The minimum absolute atomic E-state index is 0.0373. The number of nitro groups is 1. The van der Waals surface area contributed by atoms with Crippen LogP contribution in [0, 0.1) is 15.9 Å². The molecule has 0 atom stereocenters. The Balaban J connectivity index is 1.52. The lowest BCUT2D eigenvalue weighted by Gasteiger charge is -1.96. The van der Waals surface area contributed by atoms with Gasteiger partial charge < -0.3 is 4.52 Å². The van der Waals surface area contributed by atoms with E-state index < -0.39 is 4.92 Å². The summed E-state index contributed by atoms with van der Waals surface area (Å²) in [6.45, 7) is 0.177. The summed E-state index contributed by atoms with van der Waals surface area (Å²) >= 11 is 0. The molecular formula is C17H11FN6O3. The molecule has 0 aliphatic rings. The zero-order valence-corrected chi connectivity index (χ0v) is 13.7. The van der Waals surface area contributed by atoms with Crippen LogP contribution in [0.5, 0.6) is 0 Å². The number of nitrogens with zero attached hydrogens (tertiary/aromatic N) is 6. The second-order valence-corrected chi connectivity index (χ2v) is 5.59. The first kappa shape index (κ1) is 16.5. The van der Waals surface area contributed by atoms with E-state index in [0.29, 0.717) is 28.7 Å². The van der Waals surface area contributed by atoms with Crippen molar-refractivity contribution in [2.24, 2.45) is 0 Å². The molecule has 0 saturated carbocycles. The van der Waals surface area contributed by atoms with E-state index in [9.17, 15) is 14.5 Å². The summed E-state index contributed by atoms with van der Waals surface area (Å²) in [6.07, 6.45) is 1.47. The Morgan fingerprint density at radius 3 is 2.70 bits per heavy atom. The van der Waals surface area contributed by atoms with Crippen molar-refractivity contribution in [1.82, 2.24) is 24.9 Å². The summed E-state index contributed by atoms with van der Waals surface area (Å²) < 4.78 is 19.7. The number of non-ortho nitro benzene ring substituents is 1. The molecule has 9 nitrogen and oxygen atoms in total. The van der Waals surface area contributed by atoms with E-state index in [-0.39, 0.29) is 18.0 Å². The summed E-state index contributed by atoms with van der Waals surface area (Å²) in [5.74, 6) is 0.629. The fourth-order valence-corrected chi connectivity index (χ4v) is 2.44. The minimum atomic E-state index is -0.476. The van der Waals surface area contributed by atoms with Crippen molar-refractivity contribution in [1.29, 1.82) is 0 Å². The number of hydrogen-bond donors (Lipinski definition) is 0. The maximum absolute atomic E-state index is 13.0. The first-order valence-corrected chi connectivity index (χ1v) is 7.81. The minimum Gasteiger partial charge on any atom is -0.337 e. The van der Waals surface area contributed by atoms with Crippen molar-refractivity contribution in [2.45, 2.75) is 6.54 Å². The monoisotopic (exact) mass is 366 g/mol. The van der Waals surface area contributed by atoms with Crippen LogP contribution in [-0.2, 0) is 6.54 Å². The van der Waals surface area contributed by atoms with E-state index in [1.807, 2.05) is 0 Å². The second-order valence-electron chi connectivity index (χ2n) is 5.59. The van der Waals surface area contributed by atoms with E-state index in [2.05, 4.69) is 20.2 Å². The van der Waals surface area contributed by atoms with Gasteiger partial charge in [-0.3, -0.25) is 10.1 Å². The van der Waals surface area contributed by atoms with Gasteiger partial charge in [0.1, 0.15) is 18.7 Å². The van der Waals surface area contributed by atoms with Crippen LogP contribution in [0.4, 0.5) is 10.1 Å². The first-order valence-electron chi connectivity index (χ1n) is 7.81. The molecule has 0 radical (unpaired) electrons. The highest BCUT2D eigenvalue weighted by Gasteiger charge is 2.13. The molecule has 4 aromatic rings. The van der Waals surface area contributed by atoms with Gasteiger partial charge in [0.2, 0.25) is 11.7 Å². The average molecular weight is 366 g/mol. The third-order valence-corrected chi connectivity index (χ3v) is 3.72. The van der Waals surface area contributed by atoms with Gasteiger partial charge in [0.05, 0.1) is 4.92 Å². The molecule has 0 unspecified atom stereocenters. The molecule has 2 aromatic heterocycles. The topological polar surface area (TPSA) is 113 Å². The van der Waals surface area contributed by atoms with Crippen molar-refractivity contribution in [3.05, 3.63) is 76.7 Å². The third-order valence-electron chi connectivity index (χ3n) is 3.72. The Labute approximate surface area is 151 Å². The largest absolute Gasteiger partial charge is 0.337 e. The van der Waals surface area contributed by atoms with Crippen molar-refractivity contribution >= 4 is 5.69 Å². The molecule has 0 amide bonds. The number of nitro benzene ring substituents is 1. The van der Waals surface area contributed by atoms with E-state index in [1.54, 1.807) is 24.3 Å². The molecule has 2 heterocycles. The Morgan fingerprint density at radius 1 is 1.11 bits per heavy atom. The number of benzene rings is 2. The van der Waals surface area contributed by atoms with Gasteiger partial charge in [-0.05, 0) is 24.3 Å². The Morgan fingerprint density at radius 2 is 1.93 bits per heavy atom. The summed E-state index contributed by atoms with van der Waals surface area (Å²) in [6, 6.07) is 11.8. The van der Waals surface area contributed by atoms with Crippen LogP contribution in [0.25, 0.3) is 22.8 Å². The lowest BCUT2D eigenvalue weighted by molar-refractivity contribution is -0.384. The zero-order chi connectivity index (χ0) is 18.8. The van der Waals surface area contributed by atoms with Gasteiger partial charge in [-0.1, -0.05) is 17.3 Å². The lowest BCUT2D eigenvalue weighted by atomic mass is 10.2. The van der Waals surface area contributed by atoms with Crippen molar-refractivity contribution < 1.29 is 13.8 Å². The quantitative estimate of drug-likeness (QED) is 0.394. The molecule has 0 saturated heterocycles. The van der Waals surface area contributed by atoms with Crippen LogP contribution in [0.3, 0.4) is 0 Å². The van der Waals surface area contributed by atoms with E-state index in [1.165, 1.54) is 35.3 Å². The molecular weight excluding hydrogens is 355 g/mol. The highest BCUT2D eigenvalue weighted by Crippen LogP contribution is 2.21. The number of aromatic nitrogens is 5. The molecule has 0 aliphatic heterocycles. The van der Waals surface area contributed by atoms with Crippen LogP contribution in [0.2, 0.25) is 0 Å². The van der Waals surface area contributed by atoms with E-state index in [4.69, 9.17) is 4.52 Å². The number of rotatable bonds is 5. The van der Waals surface area contributed by atoms with Gasteiger partial charge in [-0.15, -0.1) is 0 Å². The maximum Gasteiger partial charge on any atom is 0.270 e. The maximum atomic E-state index is 13.0. The molecule has 27 heavy (non-hydrogen) atoms. The predicted molar refractivity (Wildman–Crippen MR) is 90.9 cm³/mol. The lowest BCUT2D eigenvalue weighted by Crippen LogP contribution is -2.00. The van der Waals surface area contributed by atoms with Gasteiger partial charge >= 0.3 is 0 Å². The summed E-state index contributed by atoms with van der Waals surface area (Å²) in [4.78, 5) is 18.8. The molecule has 134 valence electrons. The normalized spacial score (nSPS) is 10.9. The second kappa shape index (κ2) is 6.75. The van der Waals surface area contributed by atoms with E-state index in [0.717, 1.165) is 0 Å². The summed E-state index contributed by atoms with van der Waals surface area (Å²) in [7, 11) is 0. The Hall–Kier alpha value is -3.95. The van der Waals surface area contributed by atoms with Crippen LogP contribution in [0.15, 0.2) is 59.4 Å². The van der Waals surface area contributed by atoms with Gasteiger partial charge in [0.25, 0.3) is 5.69 Å². The fraction of sp³-hybridized carbons (Fsp3) is 0.0588. The number of hydrogen-bond acceptors (Lipinski definition) is 7.